The zero-order valence-electron chi connectivity index (χ0n) is 33.7. The molecule has 17 heteroatoms. The Morgan fingerprint density at radius 1 is 0.983 bits per heavy atom. The summed E-state index contributed by atoms with van der Waals surface area (Å²) in [5.41, 5.74) is 5.88. The van der Waals surface area contributed by atoms with Crippen molar-refractivity contribution in [3.8, 4) is 5.75 Å². The predicted molar refractivity (Wildman–Crippen MR) is 220 cm³/mol. The summed E-state index contributed by atoms with van der Waals surface area (Å²) in [7, 11) is 3.30. The molecule has 3 fully saturated rings. The van der Waals surface area contributed by atoms with E-state index < -0.39 is 6.04 Å². The fraction of sp³-hybridized carbons (Fsp3) is 0.512. The lowest BCUT2D eigenvalue weighted by atomic mass is 9.94. The van der Waals surface area contributed by atoms with Crippen molar-refractivity contribution >= 4 is 58.1 Å². The van der Waals surface area contributed by atoms with Crippen molar-refractivity contribution in [1.29, 1.82) is 0 Å². The summed E-state index contributed by atoms with van der Waals surface area (Å²) >= 11 is 0. The number of hydrogen-bond donors (Lipinski definition) is 4. The van der Waals surface area contributed by atoms with Crippen LogP contribution in [0.5, 0.6) is 5.75 Å². The number of carbonyl (C=O) groups excluding carboxylic acids is 4. The van der Waals surface area contributed by atoms with E-state index in [2.05, 4.69) is 36.2 Å². The van der Waals surface area contributed by atoms with Crippen molar-refractivity contribution in [2.24, 2.45) is 5.92 Å². The molecule has 1 unspecified atom stereocenters. The molecule has 16 nitrogen and oxygen atoms in total. The van der Waals surface area contributed by atoms with Crippen LogP contribution >= 0.6 is 0 Å². The van der Waals surface area contributed by atoms with Crippen LogP contribution in [0.1, 0.15) is 62.7 Å². The minimum Gasteiger partial charge on any atom is -0.495 e. The minimum absolute atomic E-state index is 0.0218. The predicted octanol–water partition coefficient (Wildman–Crippen LogP) is 3.74. The molecule has 0 saturated carbocycles. The van der Waals surface area contributed by atoms with Gasteiger partial charge in [0, 0.05) is 70.5 Å². The molecule has 4 aliphatic heterocycles. The van der Waals surface area contributed by atoms with Gasteiger partial charge in [-0.3, -0.25) is 34.8 Å². The maximum absolute atomic E-state index is 15.2. The number of ether oxygens (including phenoxy) is 1. The lowest BCUT2D eigenvalue weighted by Gasteiger charge is -2.39. The Balaban J connectivity index is 0.845. The number of amides is 4. The third-order valence-corrected chi connectivity index (χ3v) is 11.8. The van der Waals surface area contributed by atoms with Gasteiger partial charge in [-0.1, -0.05) is 6.92 Å². The molecule has 4 amide bonds. The number of likely N-dealkylation sites (N-methyl/N-ethyl adjacent to an activating group) is 2. The van der Waals surface area contributed by atoms with E-state index in [0.29, 0.717) is 71.1 Å². The van der Waals surface area contributed by atoms with Gasteiger partial charge >= 0.3 is 0 Å². The molecule has 7 rings (SSSR count). The third-order valence-electron chi connectivity index (χ3n) is 11.8. The molecule has 310 valence electrons. The van der Waals surface area contributed by atoms with Gasteiger partial charge in [0.2, 0.25) is 23.7 Å². The quantitative estimate of drug-likeness (QED) is 0.185. The highest BCUT2D eigenvalue weighted by Crippen LogP contribution is 2.36. The van der Waals surface area contributed by atoms with E-state index in [9.17, 15) is 19.2 Å². The number of nitrogens with one attached hydrogen (secondary N) is 4. The number of benzene rings is 2. The number of carbonyl (C=O) groups is 4. The Morgan fingerprint density at radius 2 is 1.76 bits per heavy atom. The number of hydrazine groups is 1. The Morgan fingerprint density at radius 3 is 2.45 bits per heavy atom. The number of aromatic nitrogens is 2. The van der Waals surface area contributed by atoms with Gasteiger partial charge in [0.25, 0.3) is 5.91 Å². The summed E-state index contributed by atoms with van der Waals surface area (Å²) in [6.07, 6.45) is 5.99. The van der Waals surface area contributed by atoms with Gasteiger partial charge in [0.05, 0.1) is 24.7 Å². The highest BCUT2D eigenvalue weighted by atomic mass is 19.1. The first-order valence-corrected chi connectivity index (χ1v) is 20.3. The van der Waals surface area contributed by atoms with Crippen molar-refractivity contribution < 1.29 is 28.3 Å². The summed E-state index contributed by atoms with van der Waals surface area (Å²) < 4.78 is 20.8. The first kappa shape index (κ1) is 40.6. The summed E-state index contributed by atoms with van der Waals surface area (Å²) in [6, 6.07) is 9.34. The standard InChI is InChI=1S/C41H54FN11O5/c1-5-32-40(57)49(3)34-25-43-41(47-37(34)53(32)6-2)45-30-9-7-27(23-35(30)58-4)38(55)48-52-17-14-26(15-18-52)13-16-50-19-21-51(22-20-50)33-11-8-28(24-29(33)42)44-31-10-12-36(54)46-39(31)56/h7-9,11,23-26,31-32,44H,5-6,10,12-22H2,1-4H3,(H,48,55)(H,43,45,47)(H,46,54,56)/t31?,32-/m1/s1. The van der Waals surface area contributed by atoms with E-state index in [-0.39, 0.29) is 41.9 Å². The lowest BCUT2D eigenvalue weighted by Crippen LogP contribution is -2.52. The van der Waals surface area contributed by atoms with Gasteiger partial charge in [0.15, 0.2) is 5.82 Å². The number of halogens is 1. The second kappa shape index (κ2) is 17.9. The van der Waals surface area contributed by atoms with Crippen molar-refractivity contribution in [3.63, 3.8) is 0 Å². The number of fused-ring (bicyclic) bond motifs is 1. The summed E-state index contributed by atoms with van der Waals surface area (Å²) in [6.45, 7) is 10.3. The second-order valence-corrected chi connectivity index (χ2v) is 15.4. The summed E-state index contributed by atoms with van der Waals surface area (Å²) in [4.78, 5) is 67.1. The van der Waals surface area contributed by atoms with Crippen LogP contribution in [0, 0.1) is 11.7 Å². The second-order valence-electron chi connectivity index (χ2n) is 15.4. The number of methoxy groups -OCH3 is 1. The molecule has 4 N–H and O–H groups in total. The van der Waals surface area contributed by atoms with Gasteiger partial charge in [-0.05, 0) is 87.9 Å². The Kier molecular flexibility index (Phi) is 12.6. The van der Waals surface area contributed by atoms with E-state index >= 15 is 4.39 Å². The number of anilines is 6. The normalized spacial score (nSPS) is 20.8. The highest BCUT2D eigenvalue weighted by molar-refractivity contribution is 6.04. The number of piperazine rings is 1. The van der Waals surface area contributed by atoms with Gasteiger partial charge in [-0.15, -0.1) is 0 Å². The Bertz CT molecular complexity index is 2000. The SMILES string of the molecule is CC[C@@H]1C(=O)N(C)c2cnc(Nc3ccc(C(=O)NN4CCC(CCN5CCN(c6ccc(NC7CCC(=O)NC7=O)cc6F)CC5)CC4)cc3OC)nc2N1CC. The van der Waals surface area contributed by atoms with E-state index in [1.807, 2.05) is 23.8 Å². The fourth-order valence-corrected chi connectivity index (χ4v) is 8.32. The molecular weight excluding hydrogens is 746 g/mol. The lowest BCUT2D eigenvalue weighted by molar-refractivity contribution is -0.133. The van der Waals surface area contributed by atoms with E-state index in [4.69, 9.17) is 9.72 Å². The van der Waals surface area contributed by atoms with Crippen molar-refractivity contribution in [2.75, 3.05) is 91.8 Å². The zero-order chi connectivity index (χ0) is 40.9. The Labute approximate surface area is 338 Å². The smallest absolute Gasteiger partial charge is 0.265 e. The molecule has 0 aliphatic carbocycles. The number of hydrogen-bond acceptors (Lipinski definition) is 13. The van der Waals surface area contributed by atoms with Crippen LogP contribution in [0.25, 0.3) is 0 Å². The topological polar surface area (TPSA) is 168 Å². The average molecular weight is 800 g/mol. The summed E-state index contributed by atoms with van der Waals surface area (Å²) in [5.74, 6) is 0.887. The third kappa shape index (κ3) is 8.94. The molecule has 0 spiro atoms. The van der Waals surface area contributed by atoms with Crippen LogP contribution in [0.2, 0.25) is 0 Å². The van der Waals surface area contributed by atoms with E-state index in [1.54, 1.807) is 55.6 Å². The monoisotopic (exact) mass is 799 g/mol. The molecule has 2 aromatic carbocycles. The highest BCUT2D eigenvalue weighted by Gasteiger charge is 2.36. The van der Waals surface area contributed by atoms with Crippen LogP contribution in [-0.4, -0.2) is 122 Å². The zero-order valence-corrected chi connectivity index (χ0v) is 33.7. The van der Waals surface area contributed by atoms with Crippen molar-refractivity contribution in [3.05, 3.63) is 54.0 Å². The van der Waals surface area contributed by atoms with Crippen LogP contribution in [0.4, 0.5) is 38.9 Å². The van der Waals surface area contributed by atoms with Gasteiger partial charge in [0.1, 0.15) is 29.3 Å². The number of imide groups is 1. The maximum Gasteiger partial charge on any atom is 0.265 e. The number of piperidine rings is 2. The van der Waals surface area contributed by atoms with Crippen LogP contribution < -0.4 is 40.8 Å². The first-order valence-electron chi connectivity index (χ1n) is 20.3. The summed E-state index contributed by atoms with van der Waals surface area (Å²) in [5, 5.41) is 10.6. The van der Waals surface area contributed by atoms with Crippen LogP contribution in [0.15, 0.2) is 42.6 Å². The molecular formula is C41H54FN11O5. The van der Waals surface area contributed by atoms with Crippen LogP contribution in [0.3, 0.4) is 0 Å². The van der Waals surface area contributed by atoms with E-state index in [0.717, 1.165) is 65.1 Å². The molecule has 3 aromatic rings. The fourth-order valence-electron chi connectivity index (χ4n) is 8.32. The van der Waals surface area contributed by atoms with Crippen LogP contribution in [-0.2, 0) is 14.4 Å². The number of rotatable bonds is 13. The molecule has 1 aromatic heterocycles. The average Bonchev–Trinajstić information content (AvgIpc) is 3.23. The molecule has 0 radical (unpaired) electrons. The molecule has 0 bridgehead atoms. The van der Waals surface area contributed by atoms with Gasteiger partial charge in [-0.25, -0.2) is 14.4 Å². The Hall–Kier alpha value is -5.55. The maximum atomic E-state index is 15.2. The van der Waals surface area contributed by atoms with Crippen molar-refractivity contribution in [1.82, 2.24) is 30.6 Å². The molecule has 2 atom stereocenters. The van der Waals surface area contributed by atoms with Gasteiger partial charge < -0.3 is 30.1 Å². The largest absolute Gasteiger partial charge is 0.495 e. The molecule has 4 aliphatic rings. The van der Waals surface area contributed by atoms with E-state index in [1.165, 1.54) is 6.07 Å². The minimum atomic E-state index is -0.556. The first-order chi connectivity index (χ1) is 28.0. The van der Waals surface area contributed by atoms with Crippen molar-refractivity contribution in [2.45, 2.75) is 64.5 Å². The molecule has 3 saturated heterocycles. The molecule has 5 heterocycles. The molecule has 58 heavy (non-hydrogen) atoms. The number of nitrogens with zero attached hydrogens (tertiary/aromatic N) is 7. The van der Waals surface area contributed by atoms with Gasteiger partial charge in [-0.2, -0.15) is 4.98 Å².